The smallest absolute Gasteiger partial charge is 0.263 e. The molecule has 1 amide bonds. The van der Waals surface area contributed by atoms with E-state index in [0.717, 1.165) is 55.7 Å². The van der Waals surface area contributed by atoms with Gasteiger partial charge in [-0.05, 0) is 25.7 Å². The first-order valence-electron chi connectivity index (χ1n) is 8.36. The Balaban J connectivity index is 1.84. The zero-order valence-electron chi connectivity index (χ0n) is 13.7. The largest absolute Gasteiger partial charge is 0.356 e. The highest BCUT2D eigenvalue weighted by molar-refractivity contribution is 5.88. The first kappa shape index (κ1) is 15.7. The van der Waals surface area contributed by atoms with Crippen molar-refractivity contribution in [3.05, 3.63) is 12.0 Å². The third-order valence-corrected chi connectivity index (χ3v) is 4.30. The van der Waals surface area contributed by atoms with Gasteiger partial charge in [0.2, 0.25) is 5.91 Å². The predicted octanol–water partition coefficient (Wildman–Crippen LogP) is 1.92. The summed E-state index contributed by atoms with van der Waals surface area (Å²) in [5, 5.41) is 7.96. The molecule has 0 saturated carbocycles. The Morgan fingerprint density at radius 1 is 1.43 bits per heavy atom. The fraction of sp³-hybridized carbons (Fsp3) is 0.625. The fourth-order valence-corrected chi connectivity index (χ4v) is 3.08. The molecule has 1 atom stereocenters. The molecule has 124 valence electrons. The van der Waals surface area contributed by atoms with Crippen LogP contribution in [0.3, 0.4) is 0 Å². The number of piperidine rings is 1. The van der Waals surface area contributed by atoms with E-state index in [1.165, 1.54) is 6.33 Å². The molecular weight excluding hydrogens is 294 g/mol. The van der Waals surface area contributed by atoms with E-state index in [1.54, 1.807) is 0 Å². The number of rotatable bonds is 5. The van der Waals surface area contributed by atoms with Crippen molar-refractivity contribution in [3.63, 3.8) is 0 Å². The lowest BCUT2D eigenvalue weighted by molar-refractivity contribution is -0.125. The first-order chi connectivity index (χ1) is 11.2. The summed E-state index contributed by atoms with van der Waals surface area (Å²) in [5.41, 5.74) is 1.39. The van der Waals surface area contributed by atoms with Crippen molar-refractivity contribution in [3.8, 4) is 0 Å². The van der Waals surface area contributed by atoms with Gasteiger partial charge in [-0.15, -0.1) is 0 Å². The molecule has 0 aromatic carbocycles. The molecule has 2 aromatic heterocycles. The highest BCUT2D eigenvalue weighted by atomic mass is 16.5. The Labute approximate surface area is 135 Å². The number of hydrogen-bond acceptors (Lipinski definition) is 6. The number of aryl methyl sites for hydroxylation is 1. The Kier molecular flexibility index (Phi) is 4.73. The third kappa shape index (κ3) is 3.13. The number of anilines is 1. The number of nitrogens with one attached hydrogen (secondary N) is 1. The second-order valence-corrected chi connectivity index (χ2v) is 5.94. The van der Waals surface area contributed by atoms with E-state index in [9.17, 15) is 4.79 Å². The molecule has 23 heavy (non-hydrogen) atoms. The molecule has 0 bridgehead atoms. The van der Waals surface area contributed by atoms with E-state index in [4.69, 9.17) is 4.52 Å². The zero-order chi connectivity index (χ0) is 16.2. The van der Waals surface area contributed by atoms with Crippen molar-refractivity contribution in [2.45, 2.75) is 39.5 Å². The van der Waals surface area contributed by atoms with Gasteiger partial charge >= 0.3 is 0 Å². The van der Waals surface area contributed by atoms with Crippen LogP contribution in [0.15, 0.2) is 10.9 Å². The summed E-state index contributed by atoms with van der Waals surface area (Å²) < 4.78 is 5.29. The van der Waals surface area contributed by atoms with Crippen molar-refractivity contribution in [2.24, 2.45) is 5.92 Å². The van der Waals surface area contributed by atoms with E-state index in [2.05, 4.69) is 32.3 Å². The van der Waals surface area contributed by atoms with E-state index in [-0.39, 0.29) is 11.8 Å². The van der Waals surface area contributed by atoms with Crippen molar-refractivity contribution >= 4 is 22.8 Å². The molecule has 3 rings (SSSR count). The first-order valence-corrected chi connectivity index (χ1v) is 8.36. The summed E-state index contributed by atoms with van der Waals surface area (Å²) in [7, 11) is 0. The highest BCUT2D eigenvalue weighted by Gasteiger charge is 2.28. The molecule has 0 spiro atoms. The van der Waals surface area contributed by atoms with Gasteiger partial charge in [-0.25, -0.2) is 4.98 Å². The molecule has 7 heteroatoms. The number of fused-ring (bicyclic) bond motifs is 1. The van der Waals surface area contributed by atoms with E-state index in [0.29, 0.717) is 12.3 Å². The predicted molar refractivity (Wildman–Crippen MR) is 87.2 cm³/mol. The van der Waals surface area contributed by atoms with Crippen molar-refractivity contribution in [1.82, 2.24) is 20.4 Å². The molecule has 1 saturated heterocycles. The Morgan fingerprint density at radius 2 is 2.30 bits per heavy atom. The minimum absolute atomic E-state index is 0.00486. The van der Waals surface area contributed by atoms with E-state index >= 15 is 0 Å². The van der Waals surface area contributed by atoms with Gasteiger partial charge in [0.1, 0.15) is 17.5 Å². The molecule has 3 heterocycles. The minimum Gasteiger partial charge on any atom is -0.356 e. The van der Waals surface area contributed by atoms with Crippen LogP contribution < -0.4 is 10.2 Å². The van der Waals surface area contributed by atoms with Gasteiger partial charge in [-0.3, -0.25) is 4.79 Å². The molecule has 1 aliphatic rings. The summed E-state index contributed by atoms with van der Waals surface area (Å²) >= 11 is 0. The van der Waals surface area contributed by atoms with Crippen molar-refractivity contribution in [1.29, 1.82) is 0 Å². The molecular formula is C16H23N5O2. The third-order valence-electron chi connectivity index (χ3n) is 4.30. The van der Waals surface area contributed by atoms with Gasteiger partial charge in [-0.1, -0.05) is 19.0 Å². The van der Waals surface area contributed by atoms with Gasteiger partial charge in [0.15, 0.2) is 0 Å². The Hall–Kier alpha value is -2.18. The Morgan fingerprint density at radius 3 is 3.09 bits per heavy atom. The van der Waals surface area contributed by atoms with Crippen molar-refractivity contribution < 1.29 is 9.32 Å². The monoisotopic (exact) mass is 317 g/mol. The number of amides is 1. The van der Waals surface area contributed by atoms with Crippen LogP contribution in [0.25, 0.3) is 11.1 Å². The normalized spacial score (nSPS) is 18.3. The molecule has 1 N–H and O–H groups in total. The second-order valence-electron chi connectivity index (χ2n) is 5.94. The molecule has 1 aliphatic heterocycles. The van der Waals surface area contributed by atoms with Gasteiger partial charge in [0.25, 0.3) is 5.71 Å². The maximum absolute atomic E-state index is 12.3. The summed E-state index contributed by atoms with van der Waals surface area (Å²) in [5.74, 6) is 0.981. The lowest BCUT2D eigenvalue weighted by Gasteiger charge is -2.33. The van der Waals surface area contributed by atoms with Crippen LogP contribution in [0.5, 0.6) is 0 Å². The maximum Gasteiger partial charge on any atom is 0.263 e. The molecule has 0 aliphatic carbocycles. The van der Waals surface area contributed by atoms with Crippen LogP contribution >= 0.6 is 0 Å². The fourth-order valence-electron chi connectivity index (χ4n) is 3.08. The molecule has 1 fully saturated rings. The van der Waals surface area contributed by atoms with E-state index < -0.39 is 0 Å². The summed E-state index contributed by atoms with van der Waals surface area (Å²) in [6.07, 6.45) is 5.12. The number of aromatic nitrogens is 3. The number of nitrogens with zero attached hydrogens (tertiary/aromatic N) is 4. The average Bonchev–Trinajstić information content (AvgIpc) is 3.03. The lowest BCUT2D eigenvalue weighted by Crippen LogP contribution is -2.43. The number of carbonyl (C=O) groups excluding carboxylic acids is 1. The highest BCUT2D eigenvalue weighted by Crippen LogP contribution is 2.30. The lowest BCUT2D eigenvalue weighted by atomic mass is 9.97. The molecule has 7 nitrogen and oxygen atoms in total. The maximum atomic E-state index is 12.3. The van der Waals surface area contributed by atoms with Crippen molar-refractivity contribution in [2.75, 3.05) is 24.5 Å². The topological polar surface area (TPSA) is 84.2 Å². The molecule has 0 unspecified atom stereocenters. The molecule has 2 aromatic rings. The summed E-state index contributed by atoms with van der Waals surface area (Å²) in [4.78, 5) is 23.0. The minimum atomic E-state index is 0.00486. The van der Waals surface area contributed by atoms with Gasteiger partial charge in [-0.2, -0.15) is 4.98 Å². The average molecular weight is 317 g/mol. The van der Waals surface area contributed by atoms with Gasteiger partial charge in [0.05, 0.1) is 11.6 Å². The second kappa shape index (κ2) is 6.93. The van der Waals surface area contributed by atoms with Gasteiger partial charge < -0.3 is 14.7 Å². The van der Waals surface area contributed by atoms with Crippen LogP contribution in [0.2, 0.25) is 0 Å². The zero-order valence-corrected chi connectivity index (χ0v) is 13.7. The van der Waals surface area contributed by atoms with Gasteiger partial charge in [0, 0.05) is 19.6 Å². The standard InChI is InChI=1S/C16H23N5O2/c1-3-7-17-15(22)11-6-5-8-21(9-11)14-13-12(4-2)20-23-16(13)19-10-18-14/h10-11H,3-9H2,1-2H3,(H,17,22)/t11-/m1/s1. The Bertz CT molecular complexity index is 684. The van der Waals surface area contributed by atoms with Crippen LogP contribution in [-0.2, 0) is 11.2 Å². The SMILES string of the molecule is CCCNC(=O)[C@@H]1CCCN(c2ncnc3onc(CC)c23)C1. The van der Waals surface area contributed by atoms with Crippen LogP contribution in [0.1, 0.15) is 38.8 Å². The summed E-state index contributed by atoms with van der Waals surface area (Å²) in [6.45, 7) is 6.39. The van der Waals surface area contributed by atoms with Crippen LogP contribution in [-0.4, -0.2) is 40.7 Å². The number of hydrogen-bond donors (Lipinski definition) is 1. The van der Waals surface area contributed by atoms with E-state index in [1.807, 2.05) is 6.92 Å². The summed E-state index contributed by atoms with van der Waals surface area (Å²) in [6, 6.07) is 0. The van der Waals surface area contributed by atoms with Crippen LogP contribution in [0.4, 0.5) is 5.82 Å². The van der Waals surface area contributed by atoms with Crippen LogP contribution in [0, 0.1) is 5.92 Å². The molecule has 0 radical (unpaired) electrons. The number of carbonyl (C=O) groups is 1. The quantitative estimate of drug-likeness (QED) is 0.907.